The van der Waals surface area contributed by atoms with Gasteiger partial charge in [0.05, 0.1) is 7.11 Å². The number of likely N-dealkylation sites (N-methyl/N-ethyl adjacent to an activating group) is 1. The quantitative estimate of drug-likeness (QED) is 0.811. The first kappa shape index (κ1) is 14.6. The van der Waals surface area contributed by atoms with Gasteiger partial charge in [0.25, 0.3) is 0 Å². The van der Waals surface area contributed by atoms with Crippen LogP contribution >= 0.6 is 0 Å². The lowest BCUT2D eigenvalue weighted by atomic mass is 10.1. The maximum atomic E-state index is 5.36. The predicted molar refractivity (Wildman–Crippen MR) is 82.9 cm³/mol. The first-order valence-corrected chi connectivity index (χ1v) is 6.90. The van der Waals surface area contributed by atoms with Crippen LogP contribution in [-0.4, -0.2) is 20.7 Å². The summed E-state index contributed by atoms with van der Waals surface area (Å²) in [7, 11) is 3.70. The molecule has 3 heteroatoms. The average Bonchev–Trinajstić information content (AvgIpc) is 2.53. The van der Waals surface area contributed by atoms with Gasteiger partial charge in [-0.25, -0.2) is 0 Å². The predicted octanol–water partition coefficient (Wildman–Crippen LogP) is 2.75. The molecule has 0 aliphatic rings. The fourth-order valence-corrected chi connectivity index (χ4v) is 2.27. The summed E-state index contributed by atoms with van der Waals surface area (Å²) >= 11 is 0. The molecule has 20 heavy (non-hydrogen) atoms. The van der Waals surface area contributed by atoms with Crippen LogP contribution in [0.3, 0.4) is 0 Å². The van der Waals surface area contributed by atoms with Crippen LogP contribution in [0, 0.1) is 0 Å². The maximum Gasteiger partial charge on any atom is 0.123 e. The molecule has 0 bridgehead atoms. The highest BCUT2D eigenvalue weighted by Gasteiger charge is 2.08. The number of hydrogen-bond donors (Lipinski definition) is 2. The second-order valence-corrected chi connectivity index (χ2v) is 4.69. The number of methoxy groups -OCH3 is 1. The van der Waals surface area contributed by atoms with E-state index in [1.54, 1.807) is 7.11 Å². The summed E-state index contributed by atoms with van der Waals surface area (Å²) in [4.78, 5) is 0. The molecule has 0 aromatic heterocycles. The summed E-state index contributed by atoms with van der Waals surface area (Å²) in [6.07, 6.45) is 0. The summed E-state index contributed by atoms with van der Waals surface area (Å²) in [6, 6.07) is 18.9. The molecule has 0 saturated carbocycles. The normalized spacial score (nSPS) is 12.1. The summed E-state index contributed by atoms with van der Waals surface area (Å²) in [5.74, 6) is 0.931. The number of hydrogen-bond acceptors (Lipinski definition) is 3. The van der Waals surface area contributed by atoms with Crippen molar-refractivity contribution in [1.82, 2.24) is 10.6 Å². The monoisotopic (exact) mass is 270 g/mol. The van der Waals surface area contributed by atoms with E-state index in [0.29, 0.717) is 6.04 Å². The molecule has 2 N–H and O–H groups in total. The maximum absolute atomic E-state index is 5.36. The van der Waals surface area contributed by atoms with Crippen LogP contribution in [0.1, 0.15) is 17.2 Å². The van der Waals surface area contributed by atoms with E-state index >= 15 is 0 Å². The lowest BCUT2D eigenvalue weighted by molar-refractivity contribution is 0.406. The van der Waals surface area contributed by atoms with E-state index in [0.717, 1.165) is 18.8 Å². The minimum absolute atomic E-state index is 0.311. The Morgan fingerprint density at radius 1 is 1.00 bits per heavy atom. The van der Waals surface area contributed by atoms with Gasteiger partial charge in [0.15, 0.2) is 0 Å². The Morgan fingerprint density at radius 3 is 2.40 bits per heavy atom. The highest BCUT2D eigenvalue weighted by Crippen LogP contribution is 2.17. The van der Waals surface area contributed by atoms with Gasteiger partial charge in [0.2, 0.25) is 0 Å². The second kappa shape index (κ2) is 7.68. The zero-order valence-corrected chi connectivity index (χ0v) is 12.1. The molecule has 2 aromatic rings. The summed E-state index contributed by atoms with van der Waals surface area (Å²) < 4.78 is 5.36. The molecule has 2 aromatic carbocycles. The molecule has 0 aliphatic heterocycles. The molecule has 2 rings (SSSR count). The molecule has 1 unspecified atom stereocenters. The van der Waals surface area contributed by atoms with Gasteiger partial charge in [-0.15, -0.1) is 0 Å². The molecule has 106 valence electrons. The van der Waals surface area contributed by atoms with E-state index in [-0.39, 0.29) is 0 Å². The van der Waals surface area contributed by atoms with Gasteiger partial charge in [-0.1, -0.05) is 48.5 Å². The highest BCUT2D eigenvalue weighted by atomic mass is 16.5. The van der Waals surface area contributed by atoms with E-state index in [4.69, 9.17) is 4.74 Å². The number of rotatable bonds is 7. The molecule has 0 aliphatic carbocycles. The lowest BCUT2D eigenvalue weighted by Crippen LogP contribution is -2.29. The first-order valence-electron chi connectivity index (χ1n) is 6.90. The van der Waals surface area contributed by atoms with Crippen LogP contribution < -0.4 is 15.4 Å². The Morgan fingerprint density at radius 2 is 1.70 bits per heavy atom. The van der Waals surface area contributed by atoms with Gasteiger partial charge in [-0.2, -0.15) is 0 Å². The Balaban J connectivity index is 1.91. The molecule has 0 saturated heterocycles. The van der Waals surface area contributed by atoms with Crippen LogP contribution in [0.25, 0.3) is 0 Å². The Labute approximate surface area is 121 Å². The van der Waals surface area contributed by atoms with Crippen molar-refractivity contribution in [2.24, 2.45) is 0 Å². The number of benzene rings is 2. The van der Waals surface area contributed by atoms with Gasteiger partial charge in [0.1, 0.15) is 5.75 Å². The average molecular weight is 270 g/mol. The van der Waals surface area contributed by atoms with Crippen LogP contribution in [0.4, 0.5) is 0 Å². The van der Waals surface area contributed by atoms with E-state index in [2.05, 4.69) is 41.0 Å². The van der Waals surface area contributed by atoms with Crippen molar-refractivity contribution in [2.75, 3.05) is 20.7 Å². The fraction of sp³-hybridized carbons (Fsp3) is 0.294. The van der Waals surface area contributed by atoms with Crippen molar-refractivity contribution in [2.45, 2.75) is 12.6 Å². The third-order valence-electron chi connectivity index (χ3n) is 3.41. The van der Waals surface area contributed by atoms with E-state index in [1.807, 2.05) is 31.3 Å². The second-order valence-electron chi connectivity index (χ2n) is 4.69. The minimum Gasteiger partial charge on any atom is -0.496 e. The van der Waals surface area contributed by atoms with Crippen molar-refractivity contribution in [3.63, 3.8) is 0 Å². The van der Waals surface area contributed by atoms with Crippen LogP contribution in [0.2, 0.25) is 0 Å². The molecule has 0 amide bonds. The molecule has 0 spiro atoms. The van der Waals surface area contributed by atoms with Crippen molar-refractivity contribution in [1.29, 1.82) is 0 Å². The Bertz CT molecular complexity index is 513. The van der Waals surface area contributed by atoms with E-state index < -0.39 is 0 Å². The zero-order valence-electron chi connectivity index (χ0n) is 12.1. The van der Waals surface area contributed by atoms with Gasteiger partial charge in [-0.05, 0) is 18.7 Å². The smallest absolute Gasteiger partial charge is 0.123 e. The van der Waals surface area contributed by atoms with Crippen LogP contribution in [0.15, 0.2) is 54.6 Å². The molecule has 1 atom stereocenters. The standard InChI is InChI=1S/C17H22N2O/c1-18-16(14-8-4-3-5-9-14)13-19-12-15-10-6-7-11-17(15)20-2/h3-11,16,18-19H,12-13H2,1-2H3. The van der Waals surface area contributed by atoms with Crippen molar-refractivity contribution >= 4 is 0 Å². The van der Waals surface area contributed by atoms with Crippen molar-refractivity contribution in [3.05, 3.63) is 65.7 Å². The summed E-state index contributed by atoms with van der Waals surface area (Å²) in [5.41, 5.74) is 2.47. The molecular weight excluding hydrogens is 248 g/mol. The topological polar surface area (TPSA) is 33.3 Å². The van der Waals surface area contributed by atoms with Crippen LogP contribution in [0.5, 0.6) is 5.75 Å². The molecule has 0 fully saturated rings. The summed E-state index contributed by atoms with van der Waals surface area (Å²) in [5, 5.41) is 6.82. The third kappa shape index (κ3) is 3.83. The number of para-hydroxylation sites is 1. The highest BCUT2D eigenvalue weighted by molar-refractivity contribution is 5.33. The number of nitrogens with one attached hydrogen (secondary N) is 2. The van der Waals surface area contributed by atoms with Gasteiger partial charge < -0.3 is 15.4 Å². The van der Waals surface area contributed by atoms with Gasteiger partial charge >= 0.3 is 0 Å². The molecular formula is C17H22N2O. The van der Waals surface area contributed by atoms with Gasteiger partial charge in [0, 0.05) is 24.7 Å². The Kier molecular flexibility index (Phi) is 5.59. The lowest BCUT2D eigenvalue weighted by Gasteiger charge is -2.18. The SMILES string of the molecule is CNC(CNCc1ccccc1OC)c1ccccc1. The Hall–Kier alpha value is -1.84. The fourth-order valence-electron chi connectivity index (χ4n) is 2.27. The zero-order chi connectivity index (χ0) is 14.2. The van der Waals surface area contributed by atoms with Crippen LogP contribution in [-0.2, 0) is 6.54 Å². The van der Waals surface area contributed by atoms with Crippen molar-refractivity contribution < 1.29 is 4.74 Å². The third-order valence-corrected chi connectivity index (χ3v) is 3.41. The summed E-state index contributed by atoms with van der Waals surface area (Å²) in [6.45, 7) is 1.67. The molecule has 0 heterocycles. The molecule has 0 radical (unpaired) electrons. The van der Waals surface area contributed by atoms with Crippen molar-refractivity contribution in [3.8, 4) is 5.75 Å². The van der Waals surface area contributed by atoms with E-state index in [9.17, 15) is 0 Å². The first-order chi connectivity index (χ1) is 9.85. The minimum atomic E-state index is 0.311. The van der Waals surface area contributed by atoms with Gasteiger partial charge in [-0.3, -0.25) is 0 Å². The number of ether oxygens (including phenoxy) is 1. The van der Waals surface area contributed by atoms with E-state index in [1.165, 1.54) is 11.1 Å². The molecule has 3 nitrogen and oxygen atoms in total. The largest absolute Gasteiger partial charge is 0.496 e.